The largest absolute Gasteiger partial charge is 0.507 e. The Morgan fingerprint density at radius 1 is 0.911 bits per heavy atom. The molecule has 4 aromatic carbocycles. The Bertz CT molecular complexity index is 1900. The molecular formula is C33H30Cl2O9S. The zero-order chi connectivity index (χ0) is 32.0. The summed E-state index contributed by atoms with van der Waals surface area (Å²) in [6, 6.07) is 13.5. The molecule has 2 aliphatic rings. The lowest BCUT2D eigenvalue weighted by Crippen LogP contribution is -2.33. The summed E-state index contributed by atoms with van der Waals surface area (Å²) in [5.74, 6) is -1.85. The maximum Gasteiger partial charge on any atom is 0.213 e. The van der Waals surface area contributed by atoms with Gasteiger partial charge in [-0.25, -0.2) is 8.42 Å². The van der Waals surface area contributed by atoms with E-state index < -0.39 is 50.1 Å². The van der Waals surface area contributed by atoms with Crippen molar-refractivity contribution < 1.29 is 43.1 Å². The third kappa shape index (κ3) is 5.89. The Morgan fingerprint density at radius 3 is 2.42 bits per heavy atom. The minimum Gasteiger partial charge on any atom is -0.507 e. The second-order valence-corrected chi connectivity index (χ2v) is 13.8. The highest BCUT2D eigenvalue weighted by molar-refractivity contribution is 7.91. The first kappa shape index (κ1) is 31.3. The number of aryl methyl sites for hydroxylation is 1. The zero-order valence-electron chi connectivity index (χ0n) is 24.1. The maximum absolute atomic E-state index is 13.5. The summed E-state index contributed by atoms with van der Waals surface area (Å²) in [5.41, 5.74) is 1.19. The van der Waals surface area contributed by atoms with Gasteiger partial charge in [0.2, 0.25) is 9.84 Å². The van der Waals surface area contributed by atoms with Gasteiger partial charge in [0.1, 0.15) is 35.4 Å². The Morgan fingerprint density at radius 2 is 1.69 bits per heavy atom. The normalized spacial score (nSPS) is 17.4. The maximum atomic E-state index is 13.5. The first-order chi connectivity index (χ1) is 21.5. The summed E-state index contributed by atoms with van der Waals surface area (Å²) >= 11 is 12.3. The van der Waals surface area contributed by atoms with Crippen LogP contribution in [-0.4, -0.2) is 54.5 Å². The Hall–Kier alpha value is -3.67. The molecule has 45 heavy (non-hydrogen) atoms. The summed E-state index contributed by atoms with van der Waals surface area (Å²) in [7, 11) is -4.35. The van der Waals surface area contributed by atoms with Crippen molar-refractivity contribution in [3.05, 3.63) is 75.8 Å². The van der Waals surface area contributed by atoms with Crippen LogP contribution >= 0.6 is 23.2 Å². The smallest absolute Gasteiger partial charge is 0.213 e. The van der Waals surface area contributed by atoms with Gasteiger partial charge < -0.3 is 34.6 Å². The molecule has 1 fully saturated rings. The van der Waals surface area contributed by atoms with Gasteiger partial charge in [-0.1, -0.05) is 35.3 Å². The Labute approximate surface area is 270 Å². The number of aromatic hydroxyl groups is 4. The lowest BCUT2D eigenvalue weighted by atomic mass is 9.92. The van der Waals surface area contributed by atoms with E-state index in [2.05, 4.69) is 0 Å². The third-order valence-electron chi connectivity index (χ3n) is 8.06. The molecule has 4 N–H and O–H groups in total. The van der Waals surface area contributed by atoms with E-state index in [0.717, 1.165) is 12.8 Å². The van der Waals surface area contributed by atoms with E-state index in [4.69, 9.17) is 37.4 Å². The van der Waals surface area contributed by atoms with Gasteiger partial charge in [-0.05, 0) is 85.3 Å². The number of sulfone groups is 1. The molecule has 236 valence electrons. The number of fused-ring (bicyclic) bond motifs is 5. The average Bonchev–Trinajstić information content (AvgIpc) is 3.04. The van der Waals surface area contributed by atoms with E-state index >= 15 is 0 Å². The molecule has 1 saturated heterocycles. The number of halogens is 2. The van der Waals surface area contributed by atoms with Gasteiger partial charge in [-0.2, -0.15) is 0 Å². The van der Waals surface area contributed by atoms with E-state index in [1.54, 1.807) is 31.2 Å². The van der Waals surface area contributed by atoms with Crippen molar-refractivity contribution >= 4 is 33.0 Å². The quantitative estimate of drug-likeness (QED) is 0.135. The van der Waals surface area contributed by atoms with E-state index in [-0.39, 0.29) is 34.6 Å². The fourth-order valence-corrected chi connectivity index (χ4v) is 7.67. The van der Waals surface area contributed by atoms with Gasteiger partial charge in [-0.15, -0.1) is 0 Å². The molecule has 2 heterocycles. The molecular weight excluding hydrogens is 643 g/mol. The van der Waals surface area contributed by atoms with Crippen molar-refractivity contribution in [3.63, 3.8) is 0 Å². The van der Waals surface area contributed by atoms with Crippen molar-refractivity contribution in [1.29, 1.82) is 0 Å². The van der Waals surface area contributed by atoms with E-state index in [9.17, 15) is 28.8 Å². The number of hydrogen-bond donors (Lipinski definition) is 4. The molecule has 9 nitrogen and oxygen atoms in total. The molecule has 2 atom stereocenters. The Kier molecular flexibility index (Phi) is 8.53. The Balaban J connectivity index is 1.40. The predicted molar refractivity (Wildman–Crippen MR) is 168 cm³/mol. The van der Waals surface area contributed by atoms with Crippen LogP contribution in [0.15, 0.2) is 64.4 Å². The second-order valence-electron chi connectivity index (χ2n) is 11.1. The second kappa shape index (κ2) is 12.3. The highest BCUT2D eigenvalue weighted by Crippen LogP contribution is 2.54. The van der Waals surface area contributed by atoms with Gasteiger partial charge in [0, 0.05) is 29.2 Å². The molecule has 12 heteroatoms. The molecule has 0 saturated carbocycles. The molecule has 0 aliphatic carbocycles. The third-order valence-corrected chi connectivity index (χ3v) is 10.4. The van der Waals surface area contributed by atoms with Crippen molar-refractivity contribution in [2.75, 3.05) is 13.2 Å². The van der Waals surface area contributed by atoms with Gasteiger partial charge in [-0.3, -0.25) is 0 Å². The van der Waals surface area contributed by atoms with Crippen LogP contribution in [0.25, 0.3) is 22.3 Å². The lowest BCUT2D eigenvalue weighted by molar-refractivity contribution is -0.192. The van der Waals surface area contributed by atoms with Crippen LogP contribution in [-0.2, 0) is 25.7 Å². The van der Waals surface area contributed by atoms with E-state index in [0.29, 0.717) is 45.5 Å². The van der Waals surface area contributed by atoms with Gasteiger partial charge in [0.15, 0.2) is 11.2 Å². The molecule has 0 amide bonds. The van der Waals surface area contributed by atoms with Crippen LogP contribution < -0.4 is 4.74 Å². The molecule has 6 rings (SSSR count). The minimum absolute atomic E-state index is 0.0166. The van der Waals surface area contributed by atoms with Crippen LogP contribution in [0, 0.1) is 6.92 Å². The topological polar surface area (TPSA) is 143 Å². The summed E-state index contributed by atoms with van der Waals surface area (Å²) < 4.78 is 45.0. The monoisotopic (exact) mass is 672 g/mol. The number of rotatable bonds is 8. The molecule has 0 spiro atoms. The molecule has 0 radical (unpaired) electrons. The number of benzene rings is 4. The predicted octanol–water partition coefficient (Wildman–Crippen LogP) is 7.14. The fraction of sp³-hybridized carbons (Fsp3) is 0.273. The van der Waals surface area contributed by atoms with Crippen LogP contribution in [0.5, 0.6) is 28.7 Å². The van der Waals surface area contributed by atoms with E-state index in [1.165, 1.54) is 30.3 Å². The first-order valence-electron chi connectivity index (χ1n) is 14.3. The van der Waals surface area contributed by atoms with Crippen LogP contribution in [0.4, 0.5) is 0 Å². The standard InChI is InChI=1S/C33H30Cl2O9S/c1-17-5-8-21-14-22(17)23-15-24(32(39)33(31(23)38)45(21,40)41)29-26(36)9-6-18(30(29)37)12-20(44-28-4-2-3-11-42-28)16-43-27-10-7-19(34)13-25(27)35/h5-10,13-15,20,28,36-39H,2-4,11-12,16H2,1H3. The molecule has 2 unspecified atom stereocenters. The van der Waals surface area contributed by atoms with Crippen molar-refractivity contribution in [1.82, 2.24) is 0 Å². The first-order valence-corrected chi connectivity index (χ1v) is 16.5. The highest BCUT2D eigenvalue weighted by atomic mass is 35.5. The van der Waals surface area contributed by atoms with Gasteiger partial charge >= 0.3 is 0 Å². The number of phenols is 4. The van der Waals surface area contributed by atoms with E-state index in [1.807, 2.05) is 0 Å². The number of ether oxygens (including phenoxy) is 3. The lowest BCUT2D eigenvalue weighted by Gasteiger charge is -2.28. The van der Waals surface area contributed by atoms with Crippen LogP contribution in [0.2, 0.25) is 10.0 Å². The summed E-state index contributed by atoms with van der Waals surface area (Å²) in [6.45, 7) is 2.32. The van der Waals surface area contributed by atoms with Gasteiger partial charge in [0.05, 0.1) is 21.6 Å². The molecule has 0 aromatic heterocycles. The SMILES string of the molecule is Cc1ccc2cc1-c1cc(-c3c(O)ccc(CC(COc4ccc(Cl)cc4Cl)OC4CCCCO4)c3O)c(O)c(c1O)S2(=O)=O. The van der Waals surface area contributed by atoms with Crippen molar-refractivity contribution in [2.24, 2.45) is 0 Å². The fourth-order valence-electron chi connectivity index (χ4n) is 5.72. The highest BCUT2D eigenvalue weighted by Gasteiger charge is 2.35. The molecule has 2 aliphatic heterocycles. The summed E-state index contributed by atoms with van der Waals surface area (Å²) in [5, 5.41) is 45.6. The van der Waals surface area contributed by atoms with Crippen LogP contribution in [0.1, 0.15) is 30.4 Å². The van der Waals surface area contributed by atoms with Gasteiger partial charge in [0.25, 0.3) is 0 Å². The van der Waals surface area contributed by atoms with Crippen LogP contribution in [0.3, 0.4) is 0 Å². The summed E-state index contributed by atoms with van der Waals surface area (Å²) in [4.78, 5) is -0.808. The van der Waals surface area contributed by atoms with Crippen molar-refractivity contribution in [3.8, 4) is 51.0 Å². The zero-order valence-corrected chi connectivity index (χ0v) is 26.4. The average molecular weight is 674 g/mol. The van der Waals surface area contributed by atoms with Crippen molar-refractivity contribution in [2.45, 2.75) is 54.8 Å². The number of hydrogen-bond acceptors (Lipinski definition) is 9. The summed E-state index contributed by atoms with van der Waals surface area (Å²) in [6.07, 6.45) is 1.44. The minimum atomic E-state index is -4.35. The molecule has 4 aromatic rings. The molecule has 4 bridgehead atoms. The number of phenolic OH excluding ortho intramolecular Hbond substituents is 4.